The van der Waals surface area contributed by atoms with Crippen LogP contribution in [0.5, 0.6) is 0 Å². The predicted molar refractivity (Wildman–Crippen MR) is 149 cm³/mol. The SMILES string of the molecule is CCC(C)N(Cc1c(C)nn(-c2ccccc2)c1N1CCN(CC)CC1)C(=O)c1ccc(Cl)cc1Cl. The second kappa shape index (κ2) is 11.7. The van der Waals surface area contributed by atoms with Gasteiger partial charge in [-0.05, 0) is 57.1 Å². The molecule has 8 heteroatoms. The zero-order chi connectivity index (χ0) is 25.8. The maximum atomic E-state index is 13.8. The van der Waals surface area contributed by atoms with Gasteiger partial charge in [0, 0.05) is 42.8 Å². The molecule has 0 N–H and O–H groups in total. The summed E-state index contributed by atoms with van der Waals surface area (Å²) in [5, 5.41) is 5.86. The number of hydrogen-bond acceptors (Lipinski definition) is 4. The van der Waals surface area contributed by atoms with Gasteiger partial charge >= 0.3 is 0 Å². The molecule has 1 unspecified atom stereocenters. The van der Waals surface area contributed by atoms with Gasteiger partial charge in [-0.15, -0.1) is 0 Å². The van der Waals surface area contributed by atoms with Gasteiger partial charge < -0.3 is 14.7 Å². The highest BCUT2D eigenvalue weighted by Gasteiger charge is 2.30. The number of nitrogens with zero attached hydrogens (tertiary/aromatic N) is 5. The van der Waals surface area contributed by atoms with E-state index < -0.39 is 0 Å². The normalized spacial score (nSPS) is 15.2. The maximum absolute atomic E-state index is 13.8. The van der Waals surface area contributed by atoms with Gasteiger partial charge in [-0.1, -0.05) is 55.2 Å². The molecule has 0 radical (unpaired) electrons. The largest absolute Gasteiger partial charge is 0.354 e. The number of likely N-dealkylation sites (N-methyl/N-ethyl adjacent to an activating group) is 1. The smallest absolute Gasteiger partial charge is 0.255 e. The third kappa shape index (κ3) is 5.56. The Labute approximate surface area is 224 Å². The van der Waals surface area contributed by atoms with Crippen LogP contribution in [0, 0.1) is 6.92 Å². The third-order valence-electron chi connectivity index (χ3n) is 7.15. The fourth-order valence-corrected chi connectivity index (χ4v) is 5.21. The van der Waals surface area contributed by atoms with E-state index in [1.807, 2.05) is 34.7 Å². The number of para-hydroxylation sites is 1. The molecule has 1 aliphatic rings. The lowest BCUT2D eigenvalue weighted by Gasteiger charge is -2.37. The van der Waals surface area contributed by atoms with E-state index in [0.717, 1.165) is 61.9 Å². The fraction of sp³-hybridized carbons (Fsp3) is 0.429. The number of carbonyl (C=O) groups excluding carboxylic acids is 1. The standard InChI is InChI=1S/C28H35Cl2N5O/c1-5-20(3)34(28(36)24-13-12-22(29)18-26(24)30)19-25-21(4)31-35(23-10-8-7-9-11-23)27(25)33-16-14-32(6-2)15-17-33/h7-13,18,20H,5-6,14-17,19H2,1-4H3. The minimum atomic E-state index is -0.0976. The molecule has 1 atom stereocenters. The van der Waals surface area contributed by atoms with Gasteiger partial charge in [-0.3, -0.25) is 4.79 Å². The molecular weight excluding hydrogens is 493 g/mol. The van der Waals surface area contributed by atoms with Crippen LogP contribution in [0.2, 0.25) is 10.0 Å². The average molecular weight is 529 g/mol. The number of hydrogen-bond donors (Lipinski definition) is 0. The van der Waals surface area contributed by atoms with Crippen molar-refractivity contribution >= 4 is 34.9 Å². The Bertz CT molecular complexity index is 1190. The van der Waals surface area contributed by atoms with Gasteiger partial charge in [-0.25, -0.2) is 4.68 Å². The Morgan fingerprint density at radius 3 is 2.36 bits per heavy atom. The topological polar surface area (TPSA) is 44.6 Å². The highest BCUT2D eigenvalue weighted by Crippen LogP contribution is 2.32. The maximum Gasteiger partial charge on any atom is 0.255 e. The molecule has 2 heterocycles. The summed E-state index contributed by atoms with van der Waals surface area (Å²) in [7, 11) is 0. The third-order valence-corrected chi connectivity index (χ3v) is 7.70. The highest BCUT2D eigenvalue weighted by molar-refractivity contribution is 6.36. The Hall–Kier alpha value is -2.54. The minimum absolute atomic E-state index is 0.0218. The molecule has 36 heavy (non-hydrogen) atoms. The predicted octanol–water partition coefficient (Wildman–Crippen LogP) is 6.07. The Morgan fingerprint density at radius 1 is 1.06 bits per heavy atom. The number of rotatable bonds is 8. The summed E-state index contributed by atoms with van der Waals surface area (Å²) in [4.78, 5) is 20.6. The molecular formula is C28H35Cl2N5O. The molecule has 1 fully saturated rings. The number of carbonyl (C=O) groups is 1. The molecule has 1 aliphatic heterocycles. The first kappa shape index (κ1) is 26.5. The Morgan fingerprint density at radius 2 is 1.75 bits per heavy atom. The van der Waals surface area contributed by atoms with E-state index in [2.05, 4.69) is 42.7 Å². The number of piperazine rings is 1. The number of anilines is 1. The van der Waals surface area contributed by atoms with Crippen molar-refractivity contribution in [1.82, 2.24) is 19.6 Å². The Kier molecular flexibility index (Phi) is 8.60. The summed E-state index contributed by atoms with van der Waals surface area (Å²) >= 11 is 12.6. The lowest BCUT2D eigenvalue weighted by Crippen LogP contribution is -2.47. The van der Waals surface area contributed by atoms with E-state index in [4.69, 9.17) is 28.3 Å². The Balaban J connectivity index is 1.76. The average Bonchev–Trinajstić information content (AvgIpc) is 3.22. The van der Waals surface area contributed by atoms with Crippen molar-refractivity contribution in [2.75, 3.05) is 37.6 Å². The molecule has 1 saturated heterocycles. The van der Waals surface area contributed by atoms with E-state index in [1.165, 1.54) is 0 Å². The van der Waals surface area contributed by atoms with Crippen LogP contribution in [0.1, 0.15) is 48.8 Å². The monoisotopic (exact) mass is 527 g/mol. The molecule has 6 nitrogen and oxygen atoms in total. The first-order valence-electron chi connectivity index (χ1n) is 12.7. The quantitative estimate of drug-likeness (QED) is 0.356. The summed E-state index contributed by atoms with van der Waals surface area (Å²) < 4.78 is 2.04. The molecule has 1 aromatic heterocycles. The molecule has 1 amide bonds. The van der Waals surface area contributed by atoms with Gasteiger partial charge in [0.1, 0.15) is 5.82 Å². The number of aromatic nitrogens is 2. The molecule has 3 aromatic rings. The van der Waals surface area contributed by atoms with E-state index in [1.54, 1.807) is 18.2 Å². The van der Waals surface area contributed by atoms with Crippen molar-refractivity contribution in [3.05, 3.63) is 75.4 Å². The number of aryl methyl sites for hydroxylation is 1. The lowest BCUT2D eigenvalue weighted by molar-refractivity contribution is 0.0671. The lowest BCUT2D eigenvalue weighted by atomic mass is 10.1. The summed E-state index contributed by atoms with van der Waals surface area (Å²) in [6.45, 7) is 13.8. The van der Waals surface area contributed by atoms with Crippen LogP contribution in [-0.4, -0.2) is 64.3 Å². The zero-order valence-corrected chi connectivity index (χ0v) is 23.1. The molecule has 0 aliphatic carbocycles. The first-order chi connectivity index (χ1) is 17.3. The molecule has 0 saturated carbocycles. The number of amides is 1. The van der Waals surface area contributed by atoms with E-state index in [9.17, 15) is 4.79 Å². The van der Waals surface area contributed by atoms with Gasteiger partial charge in [0.2, 0.25) is 0 Å². The van der Waals surface area contributed by atoms with E-state index in [-0.39, 0.29) is 11.9 Å². The van der Waals surface area contributed by atoms with Gasteiger partial charge in [-0.2, -0.15) is 5.10 Å². The van der Waals surface area contributed by atoms with E-state index >= 15 is 0 Å². The van der Waals surface area contributed by atoms with Crippen LogP contribution in [0.3, 0.4) is 0 Å². The first-order valence-corrected chi connectivity index (χ1v) is 13.5. The molecule has 0 bridgehead atoms. The van der Waals surface area contributed by atoms with Crippen molar-refractivity contribution < 1.29 is 4.79 Å². The van der Waals surface area contributed by atoms with Gasteiger partial charge in [0.05, 0.1) is 28.5 Å². The van der Waals surface area contributed by atoms with Crippen molar-refractivity contribution in [2.24, 2.45) is 0 Å². The molecule has 4 rings (SSSR count). The van der Waals surface area contributed by atoms with Crippen molar-refractivity contribution in [3.8, 4) is 5.69 Å². The van der Waals surface area contributed by atoms with Crippen LogP contribution in [0.15, 0.2) is 48.5 Å². The van der Waals surface area contributed by atoms with Gasteiger partial charge in [0.25, 0.3) is 5.91 Å². The summed E-state index contributed by atoms with van der Waals surface area (Å²) in [6.07, 6.45) is 0.827. The van der Waals surface area contributed by atoms with Crippen LogP contribution >= 0.6 is 23.2 Å². The van der Waals surface area contributed by atoms with Crippen LogP contribution in [-0.2, 0) is 6.54 Å². The van der Waals surface area contributed by atoms with Crippen LogP contribution in [0.25, 0.3) is 5.69 Å². The van der Waals surface area contributed by atoms with Crippen molar-refractivity contribution in [2.45, 2.75) is 46.7 Å². The molecule has 192 valence electrons. The summed E-state index contributed by atoms with van der Waals surface area (Å²) in [5.41, 5.74) is 3.48. The van der Waals surface area contributed by atoms with Crippen molar-refractivity contribution in [3.63, 3.8) is 0 Å². The second-order valence-electron chi connectivity index (χ2n) is 9.37. The van der Waals surface area contributed by atoms with E-state index in [0.29, 0.717) is 22.2 Å². The fourth-order valence-electron chi connectivity index (χ4n) is 4.72. The van der Waals surface area contributed by atoms with Crippen LogP contribution in [0.4, 0.5) is 5.82 Å². The molecule has 0 spiro atoms. The summed E-state index contributed by atoms with van der Waals surface area (Å²) in [5.74, 6) is 0.970. The number of benzene rings is 2. The highest BCUT2D eigenvalue weighted by atomic mass is 35.5. The van der Waals surface area contributed by atoms with Gasteiger partial charge in [0.15, 0.2) is 0 Å². The zero-order valence-electron chi connectivity index (χ0n) is 21.5. The second-order valence-corrected chi connectivity index (χ2v) is 10.2. The molecule has 2 aromatic carbocycles. The number of halogens is 2. The van der Waals surface area contributed by atoms with Crippen molar-refractivity contribution in [1.29, 1.82) is 0 Å². The minimum Gasteiger partial charge on any atom is -0.354 e. The summed E-state index contributed by atoms with van der Waals surface area (Å²) in [6, 6.07) is 15.3. The van der Waals surface area contributed by atoms with Crippen LogP contribution < -0.4 is 4.90 Å².